The van der Waals surface area contributed by atoms with E-state index in [0.717, 1.165) is 5.75 Å². The first kappa shape index (κ1) is 14.4. The molecule has 21 heavy (non-hydrogen) atoms. The van der Waals surface area contributed by atoms with Gasteiger partial charge in [0.15, 0.2) is 22.5 Å². The molecule has 0 spiro atoms. The molecule has 0 N–H and O–H groups in total. The molecule has 1 aromatic carbocycles. The fourth-order valence-electron chi connectivity index (χ4n) is 2.69. The standard InChI is InChI=1S/C14H8Cl4O2S/c15-7-8(16)10(18)12-11(9(7)17)19-13-14(20-12,5-21-13)6-3-1-2-4-6/h1-4,6,13H,5H2. The molecule has 2 aliphatic heterocycles. The van der Waals surface area contributed by atoms with E-state index >= 15 is 0 Å². The number of allylic oxidation sites excluding steroid dienone is 2. The average Bonchev–Trinajstić information content (AvgIpc) is 2.99. The Bertz CT molecular complexity index is 691. The highest BCUT2D eigenvalue weighted by molar-refractivity contribution is 8.01. The molecule has 1 fully saturated rings. The third kappa shape index (κ3) is 1.88. The van der Waals surface area contributed by atoms with Crippen molar-refractivity contribution in [3.8, 4) is 11.5 Å². The molecule has 2 atom stereocenters. The Morgan fingerprint density at radius 2 is 1.57 bits per heavy atom. The monoisotopic (exact) mass is 380 g/mol. The average molecular weight is 382 g/mol. The van der Waals surface area contributed by atoms with E-state index in [9.17, 15) is 0 Å². The molecule has 0 bridgehead atoms. The van der Waals surface area contributed by atoms with Crippen LogP contribution in [-0.4, -0.2) is 16.8 Å². The summed E-state index contributed by atoms with van der Waals surface area (Å²) in [6.07, 6.45) is 8.19. The summed E-state index contributed by atoms with van der Waals surface area (Å²) >= 11 is 26.3. The van der Waals surface area contributed by atoms with Gasteiger partial charge in [-0.1, -0.05) is 70.7 Å². The molecule has 0 aromatic heterocycles. The van der Waals surface area contributed by atoms with Crippen LogP contribution in [0.5, 0.6) is 11.5 Å². The lowest BCUT2D eigenvalue weighted by Gasteiger charge is -2.53. The number of rotatable bonds is 1. The minimum Gasteiger partial charge on any atom is -0.475 e. The Hall–Kier alpha value is -0.190. The summed E-state index contributed by atoms with van der Waals surface area (Å²) in [7, 11) is 0. The van der Waals surface area contributed by atoms with E-state index in [0.29, 0.717) is 11.5 Å². The predicted octanol–water partition coefficient (Wildman–Crippen LogP) is 5.63. The molecule has 0 amide bonds. The second-order valence-corrected chi connectivity index (χ2v) is 7.59. The lowest BCUT2D eigenvalue weighted by molar-refractivity contribution is -0.0416. The Labute approximate surface area is 146 Å². The third-order valence-corrected chi connectivity index (χ3v) is 7.05. The van der Waals surface area contributed by atoms with Crippen molar-refractivity contribution >= 4 is 58.2 Å². The van der Waals surface area contributed by atoms with E-state index in [1.165, 1.54) is 0 Å². The van der Waals surface area contributed by atoms with Gasteiger partial charge in [0.25, 0.3) is 0 Å². The summed E-state index contributed by atoms with van der Waals surface area (Å²) in [4.78, 5) is 0. The van der Waals surface area contributed by atoms with Gasteiger partial charge in [-0.3, -0.25) is 0 Å². The smallest absolute Gasteiger partial charge is 0.186 e. The van der Waals surface area contributed by atoms with E-state index in [1.54, 1.807) is 11.8 Å². The second kappa shape index (κ2) is 4.90. The highest BCUT2D eigenvalue weighted by Crippen LogP contribution is 2.60. The van der Waals surface area contributed by atoms with Crippen molar-refractivity contribution in [2.45, 2.75) is 11.0 Å². The van der Waals surface area contributed by atoms with Crippen molar-refractivity contribution in [1.82, 2.24) is 0 Å². The first-order valence-corrected chi connectivity index (χ1v) is 8.79. The summed E-state index contributed by atoms with van der Waals surface area (Å²) in [5.41, 5.74) is -0.612. The number of benzene rings is 1. The van der Waals surface area contributed by atoms with E-state index in [-0.39, 0.29) is 31.4 Å². The summed E-state index contributed by atoms with van der Waals surface area (Å²) in [5.74, 6) is 1.70. The number of ether oxygens (including phenoxy) is 2. The molecule has 3 aliphatic rings. The largest absolute Gasteiger partial charge is 0.475 e. The normalized spacial score (nSPS) is 29.4. The zero-order valence-corrected chi connectivity index (χ0v) is 14.2. The Morgan fingerprint density at radius 3 is 2.14 bits per heavy atom. The molecule has 1 aliphatic carbocycles. The van der Waals surface area contributed by atoms with Crippen LogP contribution in [0.4, 0.5) is 0 Å². The van der Waals surface area contributed by atoms with Gasteiger partial charge in [0.05, 0.1) is 10.0 Å². The quantitative estimate of drug-likeness (QED) is 0.464. The zero-order chi connectivity index (χ0) is 14.8. The fraction of sp³-hybridized carbons (Fsp3) is 0.286. The molecule has 7 heteroatoms. The van der Waals surface area contributed by atoms with Gasteiger partial charge < -0.3 is 9.47 Å². The molecule has 0 radical (unpaired) electrons. The van der Waals surface area contributed by atoms with Gasteiger partial charge in [0.2, 0.25) is 0 Å². The van der Waals surface area contributed by atoms with Crippen LogP contribution in [0.15, 0.2) is 24.3 Å². The highest BCUT2D eigenvalue weighted by Gasteiger charge is 2.59. The second-order valence-electron chi connectivity index (χ2n) is 5.03. The van der Waals surface area contributed by atoms with Gasteiger partial charge in [0, 0.05) is 11.7 Å². The molecule has 2 nitrogen and oxygen atoms in total. The molecule has 2 heterocycles. The molecular formula is C14H8Cl4O2S. The van der Waals surface area contributed by atoms with Crippen LogP contribution < -0.4 is 9.47 Å². The Morgan fingerprint density at radius 1 is 0.952 bits per heavy atom. The van der Waals surface area contributed by atoms with Crippen LogP contribution in [0.1, 0.15) is 0 Å². The van der Waals surface area contributed by atoms with Gasteiger partial charge in [0.1, 0.15) is 10.0 Å². The van der Waals surface area contributed by atoms with Crippen molar-refractivity contribution in [3.05, 3.63) is 44.4 Å². The van der Waals surface area contributed by atoms with Crippen molar-refractivity contribution < 1.29 is 9.47 Å². The number of hydrogen-bond acceptors (Lipinski definition) is 3. The highest BCUT2D eigenvalue weighted by atomic mass is 35.5. The minimum absolute atomic E-state index is 0.140. The van der Waals surface area contributed by atoms with Crippen molar-refractivity contribution in [2.75, 3.05) is 5.75 Å². The minimum atomic E-state index is -0.467. The van der Waals surface area contributed by atoms with Crippen molar-refractivity contribution in [3.63, 3.8) is 0 Å². The van der Waals surface area contributed by atoms with Crippen molar-refractivity contribution in [1.29, 1.82) is 0 Å². The van der Waals surface area contributed by atoms with Crippen LogP contribution >= 0.6 is 58.2 Å². The maximum absolute atomic E-state index is 6.27. The van der Waals surface area contributed by atoms with E-state index in [2.05, 4.69) is 12.2 Å². The van der Waals surface area contributed by atoms with Crippen LogP contribution in [0, 0.1) is 5.92 Å². The van der Waals surface area contributed by atoms with Crippen LogP contribution in [-0.2, 0) is 0 Å². The molecule has 0 saturated carbocycles. The number of thioether (sulfide) groups is 1. The number of fused-ring (bicyclic) bond motifs is 2. The van der Waals surface area contributed by atoms with Gasteiger partial charge in [-0.2, -0.15) is 0 Å². The van der Waals surface area contributed by atoms with Gasteiger partial charge in [-0.05, 0) is 0 Å². The molecule has 1 aromatic rings. The first-order chi connectivity index (χ1) is 10.0. The molecule has 1 saturated heterocycles. The summed E-state index contributed by atoms with van der Waals surface area (Å²) < 4.78 is 12.2. The molecule has 2 unspecified atom stereocenters. The van der Waals surface area contributed by atoms with E-state index in [4.69, 9.17) is 55.9 Å². The van der Waals surface area contributed by atoms with Crippen LogP contribution in [0.25, 0.3) is 0 Å². The van der Waals surface area contributed by atoms with Crippen LogP contribution in [0.2, 0.25) is 20.1 Å². The number of halogens is 4. The van der Waals surface area contributed by atoms with Crippen molar-refractivity contribution in [2.24, 2.45) is 5.92 Å². The zero-order valence-electron chi connectivity index (χ0n) is 10.4. The van der Waals surface area contributed by atoms with Crippen LogP contribution in [0.3, 0.4) is 0 Å². The summed E-state index contributed by atoms with van der Waals surface area (Å²) in [6.45, 7) is 0. The molecule has 110 valence electrons. The molecule has 4 rings (SSSR count). The lowest BCUT2D eigenvalue weighted by atomic mass is 9.88. The number of hydrogen-bond donors (Lipinski definition) is 0. The maximum atomic E-state index is 6.27. The first-order valence-electron chi connectivity index (χ1n) is 6.23. The predicted molar refractivity (Wildman–Crippen MR) is 88.5 cm³/mol. The Kier molecular flexibility index (Phi) is 3.36. The van der Waals surface area contributed by atoms with Gasteiger partial charge >= 0.3 is 0 Å². The fourth-order valence-corrected chi connectivity index (χ4v) is 4.84. The van der Waals surface area contributed by atoms with Gasteiger partial charge in [-0.15, -0.1) is 11.8 Å². The maximum Gasteiger partial charge on any atom is 0.186 e. The summed E-state index contributed by atoms with van der Waals surface area (Å²) in [6, 6.07) is 0. The third-order valence-electron chi connectivity index (χ3n) is 3.87. The van der Waals surface area contributed by atoms with E-state index < -0.39 is 5.60 Å². The lowest BCUT2D eigenvalue weighted by Crippen LogP contribution is -2.64. The van der Waals surface area contributed by atoms with E-state index in [1.807, 2.05) is 12.2 Å². The van der Waals surface area contributed by atoms with Gasteiger partial charge in [-0.25, -0.2) is 0 Å². The molecular weight excluding hydrogens is 374 g/mol. The summed E-state index contributed by atoms with van der Waals surface area (Å²) in [5, 5.41) is 0.841. The topological polar surface area (TPSA) is 18.5 Å². The SMILES string of the molecule is Clc1c(Cl)c(Cl)c2c(c1Cl)OC1SCC1(C1C=CC=C1)O2. The Balaban J connectivity index is 1.85.